The van der Waals surface area contributed by atoms with Crippen LogP contribution in [0, 0.1) is 11.6 Å². The lowest BCUT2D eigenvalue weighted by molar-refractivity contribution is 0.174. The molecule has 25 heavy (non-hydrogen) atoms. The topological polar surface area (TPSA) is 50.2 Å². The Labute approximate surface area is 146 Å². The minimum absolute atomic E-state index is 0.00725. The average Bonchev–Trinajstić information content (AvgIpc) is 2.94. The predicted molar refractivity (Wildman–Crippen MR) is 92.0 cm³/mol. The van der Waals surface area contributed by atoms with Gasteiger partial charge in [-0.1, -0.05) is 6.07 Å². The maximum atomic E-state index is 13.4. The smallest absolute Gasteiger partial charge is 0.318 e. The number of hydrogen-bond donors (Lipinski definition) is 1. The molecule has 0 aliphatic heterocycles. The van der Waals surface area contributed by atoms with Crippen LogP contribution in [0.3, 0.4) is 0 Å². The Hall–Kier alpha value is -2.44. The number of nitrogens with one attached hydrogen (secondary N) is 1. The van der Waals surface area contributed by atoms with Crippen LogP contribution in [0.25, 0.3) is 0 Å². The molecule has 1 aromatic carbocycles. The van der Waals surface area contributed by atoms with Crippen LogP contribution in [0.5, 0.6) is 0 Å². The van der Waals surface area contributed by atoms with Gasteiger partial charge in [-0.25, -0.2) is 18.6 Å². The summed E-state index contributed by atoms with van der Waals surface area (Å²) in [4.78, 5) is 18.4. The summed E-state index contributed by atoms with van der Waals surface area (Å²) < 4.78 is 28.3. The number of amides is 2. The Morgan fingerprint density at radius 3 is 2.56 bits per heavy atom. The number of carbonyl (C=O) groups excluding carboxylic acids is 1. The van der Waals surface area contributed by atoms with E-state index >= 15 is 0 Å². The first-order chi connectivity index (χ1) is 11.8. The van der Waals surface area contributed by atoms with Gasteiger partial charge in [0.15, 0.2) is 11.6 Å². The average molecular weight is 350 g/mol. The lowest BCUT2D eigenvalue weighted by atomic mass is 10.2. The molecule has 0 unspecified atom stereocenters. The Balaban J connectivity index is 2.16. The van der Waals surface area contributed by atoms with Crippen LogP contribution in [-0.4, -0.2) is 32.6 Å². The van der Waals surface area contributed by atoms with Gasteiger partial charge in [-0.15, -0.1) is 0 Å². The number of carbonyl (C=O) groups is 1. The molecule has 0 bridgehead atoms. The largest absolute Gasteiger partial charge is 0.336 e. The van der Waals surface area contributed by atoms with Crippen molar-refractivity contribution in [1.29, 1.82) is 0 Å². The summed E-state index contributed by atoms with van der Waals surface area (Å²) in [7, 11) is 0. The highest BCUT2D eigenvalue weighted by molar-refractivity contribution is 5.74. The van der Waals surface area contributed by atoms with Crippen molar-refractivity contribution in [2.75, 3.05) is 0 Å². The fourth-order valence-corrected chi connectivity index (χ4v) is 2.44. The monoisotopic (exact) mass is 350 g/mol. The molecule has 0 fully saturated rings. The van der Waals surface area contributed by atoms with Gasteiger partial charge < -0.3 is 14.8 Å². The molecule has 136 valence electrons. The van der Waals surface area contributed by atoms with Crippen molar-refractivity contribution >= 4 is 6.03 Å². The van der Waals surface area contributed by atoms with Crippen molar-refractivity contribution in [2.24, 2.45) is 0 Å². The van der Waals surface area contributed by atoms with Crippen molar-refractivity contribution < 1.29 is 13.6 Å². The molecule has 0 aliphatic carbocycles. The van der Waals surface area contributed by atoms with Gasteiger partial charge in [-0.3, -0.25) is 0 Å². The van der Waals surface area contributed by atoms with Crippen LogP contribution in [0.4, 0.5) is 13.6 Å². The molecule has 0 saturated heterocycles. The van der Waals surface area contributed by atoms with Gasteiger partial charge in [0.2, 0.25) is 0 Å². The summed E-state index contributed by atoms with van der Waals surface area (Å²) in [5.41, 5.74) is 0.626. The van der Waals surface area contributed by atoms with Gasteiger partial charge in [-0.2, -0.15) is 0 Å². The van der Waals surface area contributed by atoms with Crippen molar-refractivity contribution in [1.82, 2.24) is 19.8 Å². The van der Waals surface area contributed by atoms with Crippen LogP contribution < -0.4 is 5.32 Å². The van der Waals surface area contributed by atoms with Gasteiger partial charge in [0.1, 0.15) is 5.82 Å². The summed E-state index contributed by atoms with van der Waals surface area (Å²) in [5, 5.41) is 2.88. The van der Waals surface area contributed by atoms with Gasteiger partial charge in [-0.05, 0) is 45.4 Å². The molecule has 0 saturated carbocycles. The standard InChI is InChI=1S/C18H24F2N4O/c1-12(2)22-18(25)24(13(3)4)11-17-21-7-8-23(17)10-14-5-6-15(19)16(20)9-14/h5-9,12-13H,10-11H2,1-4H3,(H,22,25). The predicted octanol–water partition coefficient (Wildman–Crippen LogP) is 3.54. The lowest BCUT2D eigenvalue weighted by Gasteiger charge is -2.28. The first-order valence-corrected chi connectivity index (χ1v) is 8.29. The van der Waals surface area contributed by atoms with E-state index in [0.29, 0.717) is 24.5 Å². The van der Waals surface area contributed by atoms with E-state index in [0.717, 1.165) is 6.07 Å². The van der Waals surface area contributed by atoms with Gasteiger partial charge >= 0.3 is 6.03 Å². The third kappa shape index (κ3) is 5.01. The summed E-state index contributed by atoms with van der Waals surface area (Å²) in [5.74, 6) is -1.07. The third-order valence-corrected chi connectivity index (χ3v) is 3.75. The Morgan fingerprint density at radius 2 is 1.96 bits per heavy atom. The molecule has 2 amide bonds. The zero-order valence-electron chi connectivity index (χ0n) is 15.0. The van der Waals surface area contributed by atoms with E-state index < -0.39 is 11.6 Å². The summed E-state index contributed by atoms with van der Waals surface area (Å²) >= 11 is 0. The minimum Gasteiger partial charge on any atom is -0.336 e. The van der Waals surface area contributed by atoms with E-state index in [1.807, 2.05) is 32.3 Å². The number of halogens is 2. The van der Waals surface area contributed by atoms with E-state index in [9.17, 15) is 13.6 Å². The summed E-state index contributed by atoms with van der Waals surface area (Å²) in [6.45, 7) is 8.35. The number of nitrogens with zero attached hydrogens (tertiary/aromatic N) is 3. The van der Waals surface area contributed by atoms with Gasteiger partial charge in [0, 0.05) is 31.0 Å². The fourth-order valence-electron chi connectivity index (χ4n) is 2.44. The zero-order valence-corrected chi connectivity index (χ0v) is 15.0. The van der Waals surface area contributed by atoms with E-state index in [1.54, 1.807) is 17.3 Å². The van der Waals surface area contributed by atoms with E-state index in [2.05, 4.69) is 10.3 Å². The minimum atomic E-state index is -0.876. The first kappa shape index (κ1) is 18.9. The Morgan fingerprint density at radius 1 is 1.24 bits per heavy atom. The quantitative estimate of drug-likeness (QED) is 0.866. The molecule has 2 rings (SSSR count). The SMILES string of the molecule is CC(C)NC(=O)N(Cc1nccn1Cc1ccc(F)c(F)c1)C(C)C. The first-order valence-electron chi connectivity index (χ1n) is 8.29. The molecule has 1 aromatic heterocycles. The molecular weight excluding hydrogens is 326 g/mol. The van der Waals surface area contributed by atoms with Crippen LogP contribution in [0.1, 0.15) is 39.1 Å². The van der Waals surface area contributed by atoms with Gasteiger partial charge in [0.05, 0.1) is 6.54 Å². The maximum absolute atomic E-state index is 13.4. The second-order valence-corrected chi connectivity index (χ2v) is 6.55. The number of hydrogen-bond acceptors (Lipinski definition) is 2. The van der Waals surface area contributed by atoms with E-state index in [4.69, 9.17) is 0 Å². The van der Waals surface area contributed by atoms with Crippen LogP contribution in [-0.2, 0) is 13.1 Å². The van der Waals surface area contributed by atoms with Gasteiger partial charge in [0.25, 0.3) is 0 Å². The fraction of sp³-hybridized carbons (Fsp3) is 0.444. The van der Waals surface area contributed by atoms with E-state index in [-0.39, 0.29) is 18.1 Å². The molecule has 0 aliphatic rings. The van der Waals surface area contributed by atoms with Crippen molar-refractivity contribution in [3.8, 4) is 0 Å². The second-order valence-electron chi connectivity index (χ2n) is 6.55. The molecule has 1 N–H and O–H groups in total. The second kappa shape index (κ2) is 8.09. The van der Waals surface area contributed by atoms with Crippen LogP contribution in [0.15, 0.2) is 30.6 Å². The molecule has 0 atom stereocenters. The number of rotatable bonds is 6. The summed E-state index contributed by atoms with van der Waals surface area (Å²) in [6.07, 6.45) is 3.39. The molecule has 7 heteroatoms. The zero-order chi connectivity index (χ0) is 18.6. The molecule has 2 aromatic rings. The van der Waals surface area contributed by atoms with Crippen molar-refractivity contribution in [3.63, 3.8) is 0 Å². The molecular formula is C18H24F2N4O. The Kier molecular flexibility index (Phi) is 6.12. The number of benzene rings is 1. The van der Waals surface area contributed by atoms with Crippen molar-refractivity contribution in [3.05, 3.63) is 53.6 Å². The molecule has 1 heterocycles. The molecule has 0 radical (unpaired) electrons. The molecule has 5 nitrogen and oxygen atoms in total. The normalized spacial score (nSPS) is 11.2. The van der Waals surface area contributed by atoms with Crippen LogP contribution >= 0.6 is 0 Å². The highest BCUT2D eigenvalue weighted by Crippen LogP contribution is 2.13. The molecule has 0 spiro atoms. The highest BCUT2D eigenvalue weighted by atomic mass is 19.2. The highest BCUT2D eigenvalue weighted by Gasteiger charge is 2.20. The maximum Gasteiger partial charge on any atom is 0.318 e. The number of imidazole rings is 1. The Bertz CT molecular complexity index is 728. The summed E-state index contributed by atoms with van der Waals surface area (Å²) in [6, 6.07) is 3.69. The number of urea groups is 1. The lowest BCUT2D eigenvalue weighted by Crippen LogP contribution is -2.46. The third-order valence-electron chi connectivity index (χ3n) is 3.75. The van der Waals surface area contributed by atoms with Crippen LogP contribution in [0.2, 0.25) is 0 Å². The number of aromatic nitrogens is 2. The van der Waals surface area contributed by atoms with E-state index in [1.165, 1.54) is 12.1 Å². The van der Waals surface area contributed by atoms with Crippen molar-refractivity contribution in [2.45, 2.75) is 52.9 Å².